The molecule has 0 saturated carbocycles. The molecule has 1 amide bonds. The minimum atomic E-state index is -0.162. The minimum absolute atomic E-state index is 0. The van der Waals surface area contributed by atoms with E-state index in [1.807, 2.05) is 6.92 Å². The zero-order valence-electron chi connectivity index (χ0n) is 14.3. The molecular weight excluding hydrogens is 407 g/mol. The van der Waals surface area contributed by atoms with Crippen LogP contribution in [0.15, 0.2) is 21.7 Å². The molecule has 0 radical (unpaired) electrons. The van der Waals surface area contributed by atoms with Gasteiger partial charge in [0, 0.05) is 32.2 Å². The zero-order valence-corrected chi connectivity index (χ0v) is 16.6. The van der Waals surface area contributed by atoms with Crippen molar-refractivity contribution >= 4 is 35.8 Å². The van der Waals surface area contributed by atoms with Gasteiger partial charge in [-0.05, 0) is 25.8 Å². The van der Waals surface area contributed by atoms with Gasteiger partial charge < -0.3 is 20.4 Å². The van der Waals surface area contributed by atoms with Crippen LogP contribution in [0.4, 0.5) is 0 Å². The fourth-order valence-electron chi connectivity index (χ4n) is 1.99. The van der Waals surface area contributed by atoms with E-state index in [0.29, 0.717) is 12.3 Å². The maximum Gasteiger partial charge on any atom is 0.287 e. The van der Waals surface area contributed by atoms with Gasteiger partial charge in [0.15, 0.2) is 11.7 Å². The van der Waals surface area contributed by atoms with Crippen LogP contribution in [0, 0.1) is 6.92 Å². The number of furan rings is 1. The highest BCUT2D eigenvalue weighted by Gasteiger charge is 2.11. The van der Waals surface area contributed by atoms with E-state index in [-0.39, 0.29) is 29.9 Å². The SMILES string of the molecule is CCCCCNC(=NC)NCCCNC(=O)c1occc1C.I. The number of hydrogen-bond acceptors (Lipinski definition) is 3. The summed E-state index contributed by atoms with van der Waals surface area (Å²) in [7, 11) is 1.76. The second-order valence-electron chi connectivity index (χ2n) is 5.18. The van der Waals surface area contributed by atoms with Crippen LogP contribution in [0.2, 0.25) is 0 Å². The Morgan fingerprint density at radius 3 is 2.35 bits per heavy atom. The van der Waals surface area contributed by atoms with Crippen molar-refractivity contribution in [3.05, 3.63) is 23.7 Å². The molecule has 1 rings (SSSR count). The number of nitrogens with one attached hydrogen (secondary N) is 3. The van der Waals surface area contributed by atoms with Gasteiger partial charge in [-0.3, -0.25) is 9.79 Å². The summed E-state index contributed by atoms with van der Waals surface area (Å²) in [6.07, 6.45) is 5.93. The maximum atomic E-state index is 11.8. The molecule has 1 aromatic heterocycles. The second kappa shape index (κ2) is 13.2. The molecule has 0 fully saturated rings. The molecule has 132 valence electrons. The molecule has 0 aliphatic heterocycles. The molecule has 0 unspecified atom stereocenters. The number of halogens is 1. The number of carbonyl (C=O) groups excluding carboxylic acids is 1. The first-order chi connectivity index (χ1) is 10.7. The van der Waals surface area contributed by atoms with Crippen LogP contribution in [0.25, 0.3) is 0 Å². The van der Waals surface area contributed by atoms with Crippen molar-refractivity contribution in [1.29, 1.82) is 0 Å². The van der Waals surface area contributed by atoms with Gasteiger partial charge in [0.2, 0.25) is 0 Å². The van der Waals surface area contributed by atoms with Gasteiger partial charge in [-0.25, -0.2) is 0 Å². The topological polar surface area (TPSA) is 78.7 Å². The highest BCUT2D eigenvalue weighted by atomic mass is 127. The Labute approximate surface area is 155 Å². The van der Waals surface area contributed by atoms with E-state index in [9.17, 15) is 4.79 Å². The van der Waals surface area contributed by atoms with Crippen LogP contribution >= 0.6 is 24.0 Å². The number of guanidine groups is 1. The zero-order chi connectivity index (χ0) is 16.2. The van der Waals surface area contributed by atoms with E-state index in [0.717, 1.165) is 37.5 Å². The molecule has 7 heteroatoms. The van der Waals surface area contributed by atoms with Crippen LogP contribution in [0.5, 0.6) is 0 Å². The lowest BCUT2D eigenvalue weighted by molar-refractivity contribution is 0.0925. The Morgan fingerprint density at radius 1 is 1.13 bits per heavy atom. The van der Waals surface area contributed by atoms with E-state index in [1.165, 1.54) is 19.1 Å². The molecule has 6 nitrogen and oxygen atoms in total. The van der Waals surface area contributed by atoms with Crippen molar-refractivity contribution in [3.63, 3.8) is 0 Å². The number of aryl methyl sites for hydroxylation is 1. The Balaban J connectivity index is 0.00000484. The summed E-state index contributed by atoms with van der Waals surface area (Å²) in [6.45, 7) is 6.32. The van der Waals surface area contributed by atoms with Crippen molar-refractivity contribution in [1.82, 2.24) is 16.0 Å². The van der Waals surface area contributed by atoms with Gasteiger partial charge in [0.05, 0.1) is 6.26 Å². The molecule has 0 bridgehead atoms. The Hall–Kier alpha value is -1.25. The van der Waals surface area contributed by atoms with E-state index >= 15 is 0 Å². The number of carbonyl (C=O) groups is 1. The molecule has 23 heavy (non-hydrogen) atoms. The fraction of sp³-hybridized carbons (Fsp3) is 0.625. The number of rotatable bonds is 9. The third-order valence-electron chi connectivity index (χ3n) is 3.30. The molecule has 3 N–H and O–H groups in total. The summed E-state index contributed by atoms with van der Waals surface area (Å²) < 4.78 is 5.15. The summed E-state index contributed by atoms with van der Waals surface area (Å²) in [5.41, 5.74) is 0.854. The predicted molar refractivity (Wildman–Crippen MR) is 105 cm³/mol. The summed E-state index contributed by atoms with van der Waals surface area (Å²) in [6, 6.07) is 1.78. The maximum absolute atomic E-state index is 11.8. The lowest BCUT2D eigenvalue weighted by Crippen LogP contribution is -2.39. The Kier molecular flexibility index (Phi) is 12.5. The predicted octanol–water partition coefficient (Wildman–Crippen LogP) is 2.68. The summed E-state index contributed by atoms with van der Waals surface area (Å²) in [5.74, 6) is 1.04. The van der Waals surface area contributed by atoms with Crippen LogP contribution < -0.4 is 16.0 Å². The number of hydrogen-bond donors (Lipinski definition) is 3. The van der Waals surface area contributed by atoms with Gasteiger partial charge in [-0.2, -0.15) is 0 Å². The first-order valence-electron chi connectivity index (χ1n) is 7.95. The molecule has 0 aromatic carbocycles. The third-order valence-corrected chi connectivity index (χ3v) is 3.30. The Morgan fingerprint density at radius 2 is 1.78 bits per heavy atom. The molecule has 0 aliphatic rings. The van der Waals surface area contributed by atoms with Gasteiger partial charge in [-0.15, -0.1) is 24.0 Å². The van der Waals surface area contributed by atoms with E-state index in [4.69, 9.17) is 4.42 Å². The molecule has 1 heterocycles. The average molecular weight is 436 g/mol. The summed E-state index contributed by atoms with van der Waals surface area (Å²) >= 11 is 0. The fourth-order valence-corrected chi connectivity index (χ4v) is 1.99. The molecule has 0 spiro atoms. The number of aliphatic imine (C=N–C) groups is 1. The van der Waals surface area contributed by atoms with Gasteiger partial charge >= 0.3 is 0 Å². The first-order valence-corrected chi connectivity index (χ1v) is 7.95. The first kappa shape index (κ1) is 21.8. The summed E-state index contributed by atoms with van der Waals surface area (Å²) in [5, 5.41) is 9.35. The molecule has 1 aromatic rings. The minimum Gasteiger partial charge on any atom is -0.459 e. The van der Waals surface area contributed by atoms with E-state index in [2.05, 4.69) is 27.9 Å². The van der Waals surface area contributed by atoms with E-state index in [1.54, 1.807) is 13.1 Å². The highest BCUT2D eigenvalue weighted by molar-refractivity contribution is 14.0. The third kappa shape index (κ3) is 8.83. The van der Waals surface area contributed by atoms with Crippen molar-refractivity contribution < 1.29 is 9.21 Å². The van der Waals surface area contributed by atoms with Crippen LogP contribution in [0.3, 0.4) is 0 Å². The molecule has 0 atom stereocenters. The van der Waals surface area contributed by atoms with Crippen molar-refractivity contribution in [2.75, 3.05) is 26.7 Å². The van der Waals surface area contributed by atoms with Gasteiger partial charge in [-0.1, -0.05) is 19.8 Å². The van der Waals surface area contributed by atoms with Crippen LogP contribution in [0.1, 0.15) is 48.7 Å². The van der Waals surface area contributed by atoms with Crippen molar-refractivity contribution in [2.45, 2.75) is 39.5 Å². The molecule has 0 aliphatic carbocycles. The molecular formula is C16H29IN4O2. The quantitative estimate of drug-likeness (QED) is 0.241. The van der Waals surface area contributed by atoms with Gasteiger partial charge in [0.25, 0.3) is 5.91 Å². The smallest absolute Gasteiger partial charge is 0.287 e. The number of nitrogens with zero attached hydrogens (tertiary/aromatic N) is 1. The number of unbranched alkanes of at least 4 members (excludes halogenated alkanes) is 2. The number of amides is 1. The standard InChI is InChI=1S/C16H28N4O2.HI/c1-4-5-6-9-19-16(17-3)20-11-7-10-18-15(21)14-13(2)8-12-22-14;/h8,12H,4-7,9-11H2,1-3H3,(H,18,21)(H2,17,19,20);1H. The lowest BCUT2D eigenvalue weighted by Gasteiger charge is -2.11. The largest absolute Gasteiger partial charge is 0.459 e. The van der Waals surface area contributed by atoms with Crippen molar-refractivity contribution in [2.24, 2.45) is 4.99 Å². The Bertz CT molecular complexity index is 474. The van der Waals surface area contributed by atoms with Crippen LogP contribution in [-0.4, -0.2) is 38.5 Å². The van der Waals surface area contributed by atoms with Gasteiger partial charge in [0.1, 0.15) is 0 Å². The van der Waals surface area contributed by atoms with E-state index < -0.39 is 0 Å². The van der Waals surface area contributed by atoms with Crippen LogP contribution in [-0.2, 0) is 0 Å². The highest BCUT2D eigenvalue weighted by Crippen LogP contribution is 2.07. The molecule has 0 saturated heterocycles. The lowest BCUT2D eigenvalue weighted by atomic mass is 10.2. The monoisotopic (exact) mass is 436 g/mol. The normalized spacial score (nSPS) is 10.8. The second-order valence-corrected chi connectivity index (χ2v) is 5.18. The summed E-state index contributed by atoms with van der Waals surface area (Å²) in [4.78, 5) is 16.0. The average Bonchev–Trinajstić information content (AvgIpc) is 2.95. The van der Waals surface area contributed by atoms with Crippen molar-refractivity contribution in [3.8, 4) is 0 Å².